The van der Waals surface area contributed by atoms with Crippen LogP contribution >= 0.6 is 11.8 Å². The molecule has 18 heavy (non-hydrogen) atoms. The van der Waals surface area contributed by atoms with Crippen molar-refractivity contribution < 1.29 is 9.84 Å². The molecule has 1 aromatic carbocycles. The molecule has 1 rings (SSSR count). The molecule has 3 atom stereocenters. The summed E-state index contributed by atoms with van der Waals surface area (Å²) >= 11 is 1.68. The predicted octanol–water partition coefficient (Wildman–Crippen LogP) is 2.08. The number of aliphatic hydroxyl groups excluding tert-OH is 1. The summed E-state index contributed by atoms with van der Waals surface area (Å²) < 4.78 is 5.27. The summed E-state index contributed by atoms with van der Waals surface area (Å²) in [6.07, 6.45) is 2.02. The summed E-state index contributed by atoms with van der Waals surface area (Å²) in [6, 6.07) is 10.6. The van der Waals surface area contributed by atoms with Crippen molar-refractivity contribution in [2.75, 3.05) is 26.6 Å². The topological polar surface area (TPSA) is 41.5 Å². The molecule has 0 aromatic heterocycles. The number of benzene rings is 1. The van der Waals surface area contributed by atoms with Crippen molar-refractivity contribution in [3.8, 4) is 0 Å². The molecule has 3 unspecified atom stereocenters. The quantitative estimate of drug-likeness (QED) is 0.758. The van der Waals surface area contributed by atoms with Crippen LogP contribution in [0, 0.1) is 0 Å². The molecule has 1 aromatic rings. The number of nitrogens with one attached hydrogen (secondary N) is 1. The third kappa shape index (κ3) is 4.61. The molecule has 0 heterocycles. The van der Waals surface area contributed by atoms with E-state index < -0.39 is 0 Å². The summed E-state index contributed by atoms with van der Waals surface area (Å²) in [5.41, 5.74) is 1.21. The van der Waals surface area contributed by atoms with Crippen molar-refractivity contribution in [3.63, 3.8) is 0 Å². The van der Waals surface area contributed by atoms with Crippen molar-refractivity contribution in [3.05, 3.63) is 35.9 Å². The van der Waals surface area contributed by atoms with Crippen LogP contribution in [0.3, 0.4) is 0 Å². The zero-order chi connectivity index (χ0) is 13.4. The van der Waals surface area contributed by atoms with Gasteiger partial charge in [-0.2, -0.15) is 11.8 Å². The fourth-order valence-electron chi connectivity index (χ4n) is 1.95. The van der Waals surface area contributed by atoms with Crippen LogP contribution < -0.4 is 5.32 Å². The predicted molar refractivity (Wildman–Crippen MR) is 78.0 cm³/mol. The molecule has 0 radical (unpaired) electrons. The first-order chi connectivity index (χ1) is 8.72. The van der Waals surface area contributed by atoms with Gasteiger partial charge in [0.1, 0.15) is 0 Å². The van der Waals surface area contributed by atoms with Crippen molar-refractivity contribution in [2.24, 2.45) is 0 Å². The SMILES string of the molecule is COCC(NC(C)C(CO)SC)c1ccccc1. The van der Waals surface area contributed by atoms with Crippen LogP contribution in [0.15, 0.2) is 30.3 Å². The summed E-state index contributed by atoms with van der Waals surface area (Å²) in [6.45, 7) is 2.91. The van der Waals surface area contributed by atoms with E-state index in [4.69, 9.17) is 4.74 Å². The highest BCUT2D eigenvalue weighted by Gasteiger charge is 2.20. The highest BCUT2D eigenvalue weighted by atomic mass is 32.2. The number of hydrogen-bond donors (Lipinski definition) is 2. The lowest BCUT2D eigenvalue weighted by molar-refractivity contribution is 0.159. The van der Waals surface area contributed by atoms with Gasteiger partial charge in [-0.05, 0) is 18.7 Å². The molecule has 0 fully saturated rings. The van der Waals surface area contributed by atoms with Gasteiger partial charge in [-0.25, -0.2) is 0 Å². The normalized spacial score (nSPS) is 16.2. The minimum Gasteiger partial charge on any atom is -0.395 e. The monoisotopic (exact) mass is 269 g/mol. The van der Waals surface area contributed by atoms with Crippen LogP contribution in [0.2, 0.25) is 0 Å². The van der Waals surface area contributed by atoms with E-state index in [1.807, 2.05) is 24.5 Å². The molecular formula is C14H23NO2S. The van der Waals surface area contributed by atoms with Gasteiger partial charge in [-0.3, -0.25) is 0 Å². The summed E-state index contributed by atoms with van der Waals surface area (Å²) in [7, 11) is 1.71. The Bertz CT molecular complexity index is 317. The first-order valence-corrected chi connectivity index (χ1v) is 7.45. The Hall–Kier alpha value is -0.550. The average Bonchev–Trinajstić information content (AvgIpc) is 2.40. The van der Waals surface area contributed by atoms with Gasteiger partial charge in [-0.1, -0.05) is 30.3 Å². The molecule has 0 saturated heterocycles. The molecule has 3 nitrogen and oxygen atoms in total. The van der Waals surface area contributed by atoms with Gasteiger partial charge in [0.05, 0.1) is 19.3 Å². The number of thioether (sulfide) groups is 1. The standard InChI is InChI=1S/C14H23NO2S/c1-11(14(9-16)18-3)15-13(10-17-2)12-7-5-4-6-8-12/h4-8,11,13-16H,9-10H2,1-3H3. The molecule has 4 heteroatoms. The lowest BCUT2D eigenvalue weighted by Gasteiger charge is -2.27. The van der Waals surface area contributed by atoms with E-state index in [0.29, 0.717) is 6.61 Å². The van der Waals surface area contributed by atoms with E-state index in [0.717, 1.165) is 0 Å². The van der Waals surface area contributed by atoms with Crippen molar-refractivity contribution in [2.45, 2.75) is 24.3 Å². The fourth-order valence-corrected chi connectivity index (χ4v) is 2.59. The highest BCUT2D eigenvalue weighted by molar-refractivity contribution is 7.99. The number of methoxy groups -OCH3 is 1. The Labute approximate surface area is 114 Å². The van der Waals surface area contributed by atoms with Crippen LogP contribution in [-0.4, -0.2) is 43.0 Å². The Morgan fingerprint density at radius 1 is 1.33 bits per heavy atom. The van der Waals surface area contributed by atoms with Gasteiger partial charge in [0.2, 0.25) is 0 Å². The number of aliphatic hydroxyl groups is 1. The average molecular weight is 269 g/mol. The van der Waals surface area contributed by atoms with Gasteiger partial charge in [0, 0.05) is 18.4 Å². The minimum atomic E-state index is 0.160. The summed E-state index contributed by atoms with van der Waals surface area (Å²) in [4.78, 5) is 0. The molecule has 2 N–H and O–H groups in total. The van der Waals surface area contributed by atoms with Crippen LogP contribution in [0.25, 0.3) is 0 Å². The van der Waals surface area contributed by atoms with E-state index in [-0.39, 0.29) is 23.9 Å². The molecule has 0 bridgehead atoms. The van der Waals surface area contributed by atoms with Crippen LogP contribution in [0.4, 0.5) is 0 Å². The second kappa shape index (κ2) is 8.53. The van der Waals surface area contributed by atoms with Crippen molar-refractivity contribution in [1.29, 1.82) is 0 Å². The van der Waals surface area contributed by atoms with E-state index in [1.54, 1.807) is 18.9 Å². The van der Waals surface area contributed by atoms with Crippen molar-refractivity contribution in [1.82, 2.24) is 5.32 Å². The van der Waals surface area contributed by atoms with E-state index in [9.17, 15) is 5.11 Å². The Kier molecular flexibility index (Phi) is 7.35. The Morgan fingerprint density at radius 2 is 2.00 bits per heavy atom. The third-order valence-electron chi connectivity index (χ3n) is 3.04. The zero-order valence-corrected chi connectivity index (χ0v) is 12.1. The zero-order valence-electron chi connectivity index (χ0n) is 11.3. The van der Waals surface area contributed by atoms with Gasteiger partial charge in [0.25, 0.3) is 0 Å². The number of rotatable bonds is 8. The lowest BCUT2D eigenvalue weighted by Crippen LogP contribution is -2.41. The molecule has 0 spiro atoms. The molecule has 0 saturated carbocycles. The van der Waals surface area contributed by atoms with Crippen LogP contribution in [0.5, 0.6) is 0 Å². The first kappa shape index (κ1) is 15.5. The maximum absolute atomic E-state index is 9.32. The second-order valence-corrected chi connectivity index (χ2v) is 5.41. The Morgan fingerprint density at radius 3 is 2.50 bits per heavy atom. The van der Waals surface area contributed by atoms with Gasteiger partial charge < -0.3 is 15.2 Å². The fraction of sp³-hybridized carbons (Fsp3) is 0.571. The van der Waals surface area contributed by atoms with Crippen LogP contribution in [-0.2, 0) is 4.74 Å². The molecular weight excluding hydrogens is 246 g/mol. The van der Waals surface area contributed by atoms with Gasteiger partial charge in [-0.15, -0.1) is 0 Å². The maximum Gasteiger partial charge on any atom is 0.0657 e. The smallest absolute Gasteiger partial charge is 0.0657 e. The molecule has 0 aliphatic rings. The minimum absolute atomic E-state index is 0.160. The van der Waals surface area contributed by atoms with Crippen LogP contribution in [0.1, 0.15) is 18.5 Å². The Balaban J connectivity index is 2.69. The number of hydrogen-bond acceptors (Lipinski definition) is 4. The summed E-state index contributed by atoms with van der Waals surface area (Å²) in [5.74, 6) is 0. The largest absolute Gasteiger partial charge is 0.395 e. The first-order valence-electron chi connectivity index (χ1n) is 6.16. The molecule has 0 aliphatic heterocycles. The molecule has 0 amide bonds. The van der Waals surface area contributed by atoms with E-state index >= 15 is 0 Å². The molecule has 0 aliphatic carbocycles. The van der Waals surface area contributed by atoms with E-state index in [2.05, 4.69) is 24.4 Å². The second-order valence-electron chi connectivity index (χ2n) is 4.33. The maximum atomic E-state index is 9.32. The van der Waals surface area contributed by atoms with Crippen molar-refractivity contribution >= 4 is 11.8 Å². The van der Waals surface area contributed by atoms with E-state index in [1.165, 1.54) is 5.56 Å². The third-order valence-corrected chi connectivity index (χ3v) is 4.20. The molecule has 102 valence electrons. The summed E-state index contributed by atoms with van der Waals surface area (Å²) in [5, 5.41) is 13.0. The highest BCUT2D eigenvalue weighted by Crippen LogP contribution is 2.17. The lowest BCUT2D eigenvalue weighted by atomic mass is 10.1. The van der Waals surface area contributed by atoms with Gasteiger partial charge >= 0.3 is 0 Å². The number of ether oxygens (including phenoxy) is 1. The van der Waals surface area contributed by atoms with Gasteiger partial charge in [0.15, 0.2) is 0 Å².